The van der Waals surface area contributed by atoms with Gasteiger partial charge in [-0.2, -0.15) is 4.98 Å². The normalized spacial score (nSPS) is 20.6. The van der Waals surface area contributed by atoms with Crippen molar-refractivity contribution < 1.29 is 4.79 Å². The lowest BCUT2D eigenvalue weighted by molar-refractivity contribution is -0.117. The van der Waals surface area contributed by atoms with E-state index >= 15 is 0 Å². The Labute approximate surface area is 197 Å². The van der Waals surface area contributed by atoms with Crippen LogP contribution in [0.3, 0.4) is 0 Å². The van der Waals surface area contributed by atoms with Crippen LogP contribution >= 0.6 is 0 Å². The first-order valence-electron chi connectivity index (χ1n) is 12.3. The number of anilines is 2. The molecule has 4 rings (SSSR count). The third kappa shape index (κ3) is 6.12. The Bertz CT molecular complexity index is 978. The second-order valence-corrected chi connectivity index (χ2v) is 9.71. The van der Waals surface area contributed by atoms with Crippen LogP contribution in [0.1, 0.15) is 62.3 Å². The van der Waals surface area contributed by atoms with Gasteiger partial charge in [0.25, 0.3) is 0 Å². The molecule has 176 valence electrons. The van der Waals surface area contributed by atoms with Crippen molar-refractivity contribution in [3.63, 3.8) is 0 Å². The minimum absolute atomic E-state index is 0.0257. The molecule has 1 aromatic carbocycles. The maximum atomic E-state index is 12.5. The zero-order chi connectivity index (χ0) is 23.2. The van der Waals surface area contributed by atoms with E-state index in [-0.39, 0.29) is 5.91 Å². The molecule has 1 fully saturated rings. The summed E-state index contributed by atoms with van der Waals surface area (Å²) in [5, 5.41) is 6.75. The number of aryl methyl sites for hydroxylation is 1. The van der Waals surface area contributed by atoms with E-state index in [2.05, 4.69) is 29.6 Å². The lowest BCUT2D eigenvalue weighted by atomic mass is 9.86. The van der Waals surface area contributed by atoms with Crippen molar-refractivity contribution in [2.24, 2.45) is 5.92 Å². The summed E-state index contributed by atoms with van der Waals surface area (Å²) in [6, 6.07) is 10.4. The highest BCUT2D eigenvalue weighted by molar-refractivity contribution is 5.97. The molecule has 33 heavy (non-hydrogen) atoms. The number of fused-ring (bicyclic) bond motifs is 1. The van der Waals surface area contributed by atoms with Crippen LogP contribution in [-0.4, -0.2) is 42.6 Å². The van der Waals surface area contributed by atoms with Gasteiger partial charge in [0.15, 0.2) is 0 Å². The summed E-state index contributed by atoms with van der Waals surface area (Å²) >= 11 is 0. The average Bonchev–Trinajstić information content (AvgIpc) is 2.83. The molecule has 0 aliphatic heterocycles. The lowest BCUT2D eigenvalue weighted by Crippen LogP contribution is -2.34. The molecule has 2 aliphatic carbocycles. The number of nitrogens with zero attached hydrogens (tertiary/aromatic N) is 3. The van der Waals surface area contributed by atoms with Crippen molar-refractivity contribution in [3.8, 4) is 0 Å². The lowest BCUT2D eigenvalue weighted by Gasteiger charge is -2.30. The van der Waals surface area contributed by atoms with Gasteiger partial charge in [0.05, 0.1) is 5.69 Å². The van der Waals surface area contributed by atoms with Gasteiger partial charge in [0.1, 0.15) is 5.82 Å². The summed E-state index contributed by atoms with van der Waals surface area (Å²) in [5.74, 6) is 2.39. The maximum absolute atomic E-state index is 12.5. The Morgan fingerprint density at radius 1 is 1.06 bits per heavy atom. The number of amides is 1. The number of benzene rings is 1. The van der Waals surface area contributed by atoms with Gasteiger partial charge in [0.2, 0.25) is 11.9 Å². The number of nitrogens with one attached hydrogen (secondary N) is 2. The van der Waals surface area contributed by atoms with Gasteiger partial charge in [-0.25, -0.2) is 4.98 Å². The number of carbonyl (C=O) groups is 1. The molecule has 2 aliphatic rings. The van der Waals surface area contributed by atoms with Crippen molar-refractivity contribution in [3.05, 3.63) is 52.7 Å². The highest BCUT2D eigenvalue weighted by Gasteiger charge is 2.24. The minimum atomic E-state index is 0.0257. The van der Waals surface area contributed by atoms with Crippen molar-refractivity contribution in [2.45, 2.75) is 64.3 Å². The predicted molar refractivity (Wildman–Crippen MR) is 135 cm³/mol. The Morgan fingerprint density at radius 3 is 2.52 bits per heavy atom. The van der Waals surface area contributed by atoms with E-state index in [0.717, 1.165) is 68.0 Å². The fourth-order valence-electron chi connectivity index (χ4n) is 4.94. The average molecular weight is 448 g/mol. The van der Waals surface area contributed by atoms with Crippen molar-refractivity contribution >= 4 is 23.7 Å². The second kappa shape index (κ2) is 10.8. The molecule has 6 heteroatoms. The maximum Gasteiger partial charge on any atom is 0.246 e. The van der Waals surface area contributed by atoms with E-state index in [1.165, 1.54) is 24.1 Å². The third-order valence-electron chi connectivity index (χ3n) is 6.86. The van der Waals surface area contributed by atoms with Crippen LogP contribution in [0.4, 0.5) is 11.8 Å². The fraction of sp³-hybridized carbons (Fsp3) is 0.519. The van der Waals surface area contributed by atoms with E-state index in [0.29, 0.717) is 12.0 Å². The summed E-state index contributed by atoms with van der Waals surface area (Å²) < 4.78 is 0. The highest BCUT2D eigenvalue weighted by Crippen LogP contribution is 2.30. The zero-order valence-corrected chi connectivity index (χ0v) is 20.2. The number of aromatic nitrogens is 2. The molecule has 1 saturated carbocycles. The molecule has 2 aromatic rings. The molecule has 0 radical (unpaired) electrons. The molecule has 6 nitrogen and oxygen atoms in total. The van der Waals surface area contributed by atoms with E-state index in [4.69, 9.17) is 9.97 Å². The molecule has 1 aromatic heterocycles. The van der Waals surface area contributed by atoms with Crippen LogP contribution in [0, 0.1) is 5.92 Å². The number of carbonyl (C=O) groups excluding carboxylic acids is 1. The molecular formula is C27H37N5O. The van der Waals surface area contributed by atoms with E-state index < -0.39 is 0 Å². The van der Waals surface area contributed by atoms with Crippen LogP contribution in [0.25, 0.3) is 6.08 Å². The quantitative estimate of drug-likeness (QED) is 0.607. The van der Waals surface area contributed by atoms with Crippen molar-refractivity contribution in [1.82, 2.24) is 15.3 Å². The largest absolute Gasteiger partial charge is 0.362 e. The second-order valence-electron chi connectivity index (χ2n) is 9.71. The summed E-state index contributed by atoms with van der Waals surface area (Å²) in [6.45, 7) is 2.62. The topological polar surface area (TPSA) is 70.2 Å². The Balaban J connectivity index is 1.27. The Hall–Kier alpha value is -2.89. The minimum Gasteiger partial charge on any atom is -0.362 e. The summed E-state index contributed by atoms with van der Waals surface area (Å²) in [5.41, 5.74) is 4.35. The predicted octanol–water partition coefficient (Wildman–Crippen LogP) is 4.61. The highest BCUT2D eigenvalue weighted by atomic mass is 16.1. The number of hydrogen-bond acceptors (Lipinski definition) is 5. The molecule has 0 unspecified atom stereocenters. The number of rotatable bonds is 7. The summed E-state index contributed by atoms with van der Waals surface area (Å²) in [4.78, 5) is 24.3. The molecular weight excluding hydrogens is 410 g/mol. The van der Waals surface area contributed by atoms with E-state index in [1.807, 2.05) is 43.3 Å². The fourth-order valence-corrected chi connectivity index (χ4v) is 4.94. The standard InChI is InChI=1S/C27H37N5O/c1-19(17-20-9-5-4-6-10-20)26(33)28-18-21-13-15-22(16-14-21)29-27-30-24-12-8-7-11-23(24)25(31-27)32(2)3/h4-6,9-10,17,21-22H,7-8,11-16,18H2,1-3H3,(H,28,33)(H,29,30,31)/b19-17+/t21-,22+. The van der Waals surface area contributed by atoms with Gasteiger partial charge >= 0.3 is 0 Å². The van der Waals surface area contributed by atoms with Gasteiger partial charge < -0.3 is 15.5 Å². The molecule has 0 spiro atoms. The van der Waals surface area contributed by atoms with Crippen LogP contribution < -0.4 is 15.5 Å². The van der Waals surface area contributed by atoms with Crippen LogP contribution in [0.2, 0.25) is 0 Å². The molecule has 1 heterocycles. The van der Waals surface area contributed by atoms with E-state index in [9.17, 15) is 4.79 Å². The monoisotopic (exact) mass is 447 g/mol. The first-order chi connectivity index (χ1) is 16.0. The van der Waals surface area contributed by atoms with Crippen molar-refractivity contribution in [2.75, 3.05) is 30.9 Å². The van der Waals surface area contributed by atoms with Crippen LogP contribution in [0.5, 0.6) is 0 Å². The van der Waals surface area contributed by atoms with Crippen LogP contribution in [0.15, 0.2) is 35.9 Å². The molecule has 0 bridgehead atoms. The van der Waals surface area contributed by atoms with Crippen LogP contribution in [-0.2, 0) is 17.6 Å². The number of hydrogen-bond donors (Lipinski definition) is 2. The first kappa shape index (κ1) is 23.3. The summed E-state index contributed by atoms with van der Waals surface area (Å²) in [6.07, 6.45) is 10.9. The SMILES string of the molecule is C/C(=C\c1ccccc1)C(=O)NC[C@H]1CC[C@@H](Nc2nc3c(c(N(C)C)n2)CCCC3)CC1. The molecule has 1 amide bonds. The van der Waals surface area contributed by atoms with Gasteiger partial charge in [-0.1, -0.05) is 30.3 Å². The van der Waals surface area contributed by atoms with Crippen molar-refractivity contribution in [1.29, 1.82) is 0 Å². The van der Waals surface area contributed by atoms with Gasteiger partial charge in [-0.3, -0.25) is 4.79 Å². The molecule has 0 saturated heterocycles. The summed E-state index contributed by atoms with van der Waals surface area (Å²) in [7, 11) is 4.13. The first-order valence-corrected chi connectivity index (χ1v) is 12.3. The van der Waals surface area contributed by atoms with E-state index in [1.54, 1.807) is 0 Å². The van der Waals surface area contributed by atoms with Gasteiger partial charge in [0, 0.05) is 37.8 Å². The van der Waals surface area contributed by atoms with Gasteiger partial charge in [-0.15, -0.1) is 0 Å². The van der Waals surface area contributed by atoms with Gasteiger partial charge in [-0.05, 0) is 75.8 Å². The Kier molecular flexibility index (Phi) is 7.63. The third-order valence-corrected chi connectivity index (χ3v) is 6.86. The molecule has 0 atom stereocenters. The Morgan fingerprint density at radius 2 is 1.79 bits per heavy atom. The smallest absolute Gasteiger partial charge is 0.246 e. The molecule has 2 N–H and O–H groups in total. The zero-order valence-electron chi connectivity index (χ0n) is 20.2.